The molecular formula is C10H10BrN3. The van der Waals surface area contributed by atoms with Crippen LogP contribution in [0, 0.1) is 0 Å². The van der Waals surface area contributed by atoms with Crippen molar-refractivity contribution in [2.45, 2.75) is 6.54 Å². The van der Waals surface area contributed by atoms with E-state index < -0.39 is 0 Å². The summed E-state index contributed by atoms with van der Waals surface area (Å²) in [7, 11) is 0. The number of rotatable bonds is 2. The highest BCUT2D eigenvalue weighted by atomic mass is 79.9. The van der Waals surface area contributed by atoms with E-state index in [9.17, 15) is 0 Å². The van der Waals surface area contributed by atoms with Crippen LogP contribution in [-0.4, -0.2) is 9.78 Å². The zero-order chi connectivity index (χ0) is 9.97. The van der Waals surface area contributed by atoms with Gasteiger partial charge in [0.05, 0.1) is 11.9 Å². The van der Waals surface area contributed by atoms with Crippen molar-refractivity contribution in [3.8, 4) is 5.69 Å². The van der Waals surface area contributed by atoms with E-state index in [2.05, 4.69) is 21.0 Å². The summed E-state index contributed by atoms with van der Waals surface area (Å²) in [6, 6.07) is 7.96. The normalized spacial score (nSPS) is 10.4. The highest BCUT2D eigenvalue weighted by molar-refractivity contribution is 9.10. The fourth-order valence-corrected chi connectivity index (χ4v) is 1.61. The van der Waals surface area contributed by atoms with Crippen LogP contribution in [0.4, 0.5) is 0 Å². The van der Waals surface area contributed by atoms with Crippen LogP contribution in [0.2, 0.25) is 0 Å². The first-order valence-corrected chi connectivity index (χ1v) is 5.08. The van der Waals surface area contributed by atoms with E-state index in [0.717, 1.165) is 15.7 Å². The highest BCUT2D eigenvalue weighted by Gasteiger charge is 1.99. The summed E-state index contributed by atoms with van der Waals surface area (Å²) in [6.45, 7) is 0.522. The summed E-state index contributed by atoms with van der Waals surface area (Å²) in [6.07, 6.45) is 3.71. The minimum absolute atomic E-state index is 0.522. The van der Waals surface area contributed by atoms with Crippen LogP contribution in [0.1, 0.15) is 5.56 Å². The Balaban J connectivity index is 2.39. The summed E-state index contributed by atoms with van der Waals surface area (Å²) in [5, 5.41) is 4.21. The second-order valence-electron chi connectivity index (χ2n) is 2.98. The number of hydrogen-bond acceptors (Lipinski definition) is 2. The minimum Gasteiger partial charge on any atom is -0.326 e. The first-order chi connectivity index (χ1) is 6.79. The zero-order valence-corrected chi connectivity index (χ0v) is 9.11. The molecule has 0 aliphatic carbocycles. The maximum atomic E-state index is 5.51. The molecule has 1 aromatic carbocycles. The Morgan fingerprint density at radius 1 is 1.43 bits per heavy atom. The van der Waals surface area contributed by atoms with E-state index in [0.29, 0.717) is 6.54 Å². The lowest BCUT2D eigenvalue weighted by molar-refractivity contribution is 0.879. The van der Waals surface area contributed by atoms with Crippen molar-refractivity contribution in [3.63, 3.8) is 0 Å². The van der Waals surface area contributed by atoms with Crippen molar-refractivity contribution in [1.29, 1.82) is 0 Å². The lowest BCUT2D eigenvalue weighted by Crippen LogP contribution is -1.95. The third-order valence-electron chi connectivity index (χ3n) is 1.94. The average molecular weight is 252 g/mol. The Hall–Kier alpha value is -1.13. The van der Waals surface area contributed by atoms with E-state index >= 15 is 0 Å². The standard InChI is InChI=1S/C10H10BrN3/c11-9-2-1-3-10(4-9)14-7-8(5-12)6-13-14/h1-4,6-7H,5,12H2. The summed E-state index contributed by atoms with van der Waals surface area (Å²) in [5.41, 5.74) is 7.57. The first-order valence-electron chi connectivity index (χ1n) is 4.29. The molecule has 0 radical (unpaired) electrons. The van der Waals surface area contributed by atoms with E-state index in [-0.39, 0.29) is 0 Å². The lowest BCUT2D eigenvalue weighted by Gasteiger charge is -2.00. The largest absolute Gasteiger partial charge is 0.326 e. The Bertz CT molecular complexity index is 436. The van der Waals surface area contributed by atoms with E-state index in [1.807, 2.05) is 35.1 Å². The lowest BCUT2D eigenvalue weighted by atomic mass is 10.3. The molecule has 4 heteroatoms. The van der Waals surface area contributed by atoms with Crippen LogP contribution < -0.4 is 5.73 Å². The molecule has 0 amide bonds. The van der Waals surface area contributed by atoms with Crippen molar-refractivity contribution in [2.75, 3.05) is 0 Å². The van der Waals surface area contributed by atoms with E-state index in [1.165, 1.54) is 0 Å². The number of nitrogens with zero attached hydrogens (tertiary/aromatic N) is 2. The molecule has 0 saturated carbocycles. The van der Waals surface area contributed by atoms with Gasteiger partial charge < -0.3 is 5.73 Å². The fraction of sp³-hybridized carbons (Fsp3) is 0.100. The third-order valence-corrected chi connectivity index (χ3v) is 2.44. The van der Waals surface area contributed by atoms with Crippen LogP contribution in [0.5, 0.6) is 0 Å². The molecule has 0 saturated heterocycles. The molecule has 1 aromatic heterocycles. The molecule has 3 nitrogen and oxygen atoms in total. The molecule has 2 aromatic rings. The van der Waals surface area contributed by atoms with Crippen molar-refractivity contribution in [3.05, 3.63) is 46.7 Å². The molecule has 2 N–H and O–H groups in total. The van der Waals surface area contributed by atoms with Crippen molar-refractivity contribution in [1.82, 2.24) is 9.78 Å². The van der Waals surface area contributed by atoms with Gasteiger partial charge in [0.15, 0.2) is 0 Å². The predicted molar refractivity (Wildman–Crippen MR) is 59.2 cm³/mol. The van der Waals surface area contributed by atoms with Gasteiger partial charge in [-0.3, -0.25) is 0 Å². The maximum absolute atomic E-state index is 5.51. The van der Waals surface area contributed by atoms with Gasteiger partial charge >= 0.3 is 0 Å². The molecule has 72 valence electrons. The third kappa shape index (κ3) is 1.86. The topological polar surface area (TPSA) is 43.8 Å². The van der Waals surface area contributed by atoms with Gasteiger partial charge in [0.1, 0.15) is 0 Å². The van der Waals surface area contributed by atoms with Crippen molar-refractivity contribution in [2.24, 2.45) is 5.73 Å². The van der Waals surface area contributed by atoms with Gasteiger partial charge in [-0.2, -0.15) is 5.10 Å². The van der Waals surface area contributed by atoms with E-state index in [4.69, 9.17) is 5.73 Å². The van der Waals surface area contributed by atoms with Gasteiger partial charge in [0, 0.05) is 22.8 Å². The summed E-state index contributed by atoms with van der Waals surface area (Å²) >= 11 is 3.42. The van der Waals surface area contributed by atoms with Crippen LogP contribution in [-0.2, 0) is 6.54 Å². The van der Waals surface area contributed by atoms with Crippen molar-refractivity contribution >= 4 is 15.9 Å². The Labute approximate surface area is 90.7 Å². The van der Waals surface area contributed by atoms with Crippen LogP contribution in [0.25, 0.3) is 5.69 Å². The van der Waals surface area contributed by atoms with Gasteiger partial charge in [-0.15, -0.1) is 0 Å². The molecule has 0 aliphatic heterocycles. The van der Waals surface area contributed by atoms with Gasteiger partial charge in [-0.05, 0) is 18.2 Å². The number of benzene rings is 1. The number of nitrogens with two attached hydrogens (primary N) is 1. The summed E-state index contributed by atoms with van der Waals surface area (Å²) < 4.78 is 2.85. The highest BCUT2D eigenvalue weighted by Crippen LogP contribution is 2.14. The SMILES string of the molecule is NCc1cnn(-c2cccc(Br)c2)c1. The first kappa shape index (κ1) is 9.43. The van der Waals surface area contributed by atoms with Gasteiger partial charge in [-0.25, -0.2) is 4.68 Å². The zero-order valence-electron chi connectivity index (χ0n) is 7.52. The molecule has 2 rings (SSSR count). The second kappa shape index (κ2) is 3.94. The number of hydrogen-bond donors (Lipinski definition) is 1. The quantitative estimate of drug-likeness (QED) is 0.889. The second-order valence-corrected chi connectivity index (χ2v) is 3.89. The molecule has 0 spiro atoms. The fourth-order valence-electron chi connectivity index (χ4n) is 1.23. The van der Waals surface area contributed by atoms with Gasteiger partial charge in [-0.1, -0.05) is 22.0 Å². The van der Waals surface area contributed by atoms with Gasteiger partial charge in [0.2, 0.25) is 0 Å². The van der Waals surface area contributed by atoms with Gasteiger partial charge in [0.25, 0.3) is 0 Å². The number of halogens is 1. The van der Waals surface area contributed by atoms with Crippen LogP contribution in [0.3, 0.4) is 0 Å². The molecule has 14 heavy (non-hydrogen) atoms. The molecular weight excluding hydrogens is 242 g/mol. The molecule has 0 fully saturated rings. The van der Waals surface area contributed by atoms with Crippen molar-refractivity contribution < 1.29 is 0 Å². The summed E-state index contributed by atoms with van der Waals surface area (Å²) in [4.78, 5) is 0. The Morgan fingerprint density at radius 3 is 2.93 bits per heavy atom. The summed E-state index contributed by atoms with van der Waals surface area (Å²) in [5.74, 6) is 0. The molecule has 0 atom stereocenters. The Morgan fingerprint density at radius 2 is 2.29 bits per heavy atom. The molecule has 1 heterocycles. The molecule has 0 aliphatic rings. The van der Waals surface area contributed by atoms with E-state index in [1.54, 1.807) is 6.20 Å². The number of aromatic nitrogens is 2. The monoisotopic (exact) mass is 251 g/mol. The average Bonchev–Trinajstić information content (AvgIpc) is 2.66. The van der Waals surface area contributed by atoms with Crippen LogP contribution in [0.15, 0.2) is 41.1 Å². The molecule has 0 bridgehead atoms. The van der Waals surface area contributed by atoms with Crippen LogP contribution >= 0.6 is 15.9 Å². The maximum Gasteiger partial charge on any atom is 0.0656 e. The molecule has 0 unspecified atom stereocenters. The Kier molecular flexibility index (Phi) is 2.65. The minimum atomic E-state index is 0.522. The predicted octanol–water partition coefficient (Wildman–Crippen LogP) is 2.09. The smallest absolute Gasteiger partial charge is 0.0656 e.